The molecule has 0 aliphatic heterocycles. The fraction of sp³-hybridized carbons (Fsp3) is 0.750. The minimum atomic E-state index is -1.15. The average Bonchev–Trinajstić information content (AvgIpc) is 1.96. The van der Waals surface area contributed by atoms with E-state index in [9.17, 15) is 9.59 Å². The number of ether oxygens (including phenoxy) is 1. The molecule has 0 unspecified atom stereocenters. The van der Waals surface area contributed by atoms with Crippen LogP contribution in [-0.4, -0.2) is 23.7 Å². The summed E-state index contributed by atoms with van der Waals surface area (Å²) < 4.78 is 4.65. The molecule has 3 N–H and O–H groups in total. The van der Waals surface area contributed by atoms with Gasteiger partial charge in [-0.05, 0) is 27.7 Å². The van der Waals surface area contributed by atoms with Crippen molar-refractivity contribution < 1.29 is 19.2 Å². The Morgan fingerprint density at radius 3 is 2.21 bits per heavy atom. The lowest BCUT2D eigenvalue weighted by Gasteiger charge is -2.16. The van der Waals surface area contributed by atoms with Crippen LogP contribution in [0.3, 0.4) is 0 Å². The molecule has 6 nitrogen and oxygen atoms in total. The van der Waals surface area contributed by atoms with Gasteiger partial charge in [0.2, 0.25) is 0 Å². The van der Waals surface area contributed by atoms with Crippen molar-refractivity contribution in [2.75, 3.05) is 0 Å². The van der Waals surface area contributed by atoms with E-state index in [1.807, 2.05) is 5.48 Å². The van der Waals surface area contributed by atoms with Crippen molar-refractivity contribution >= 4 is 12.1 Å². The third kappa shape index (κ3) is 5.36. The van der Waals surface area contributed by atoms with Crippen LogP contribution in [0.1, 0.15) is 27.7 Å². The first kappa shape index (κ1) is 12.7. The summed E-state index contributed by atoms with van der Waals surface area (Å²) >= 11 is 0. The van der Waals surface area contributed by atoms with Crippen molar-refractivity contribution in [3.63, 3.8) is 0 Å². The predicted molar refractivity (Wildman–Crippen MR) is 49.1 cm³/mol. The highest BCUT2D eigenvalue weighted by molar-refractivity contribution is 5.80. The van der Waals surface area contributed by atoms with Crippen molar-refractivity contribution in [1.29, 1.82) is 0 Å². The van der Waals surface area contributed by atoms with Gasteiger partial charge >= 0.3 is 12.1 Å². The molecule has 0 aromatic rings. The van der Waals surface area contributed by atoms with E-state index >= 15 is 0 Å². The molecule has 1 amide bonds. The third-order valence-electron chi connectivity index (χ3n) is 1.10. The highest BCUT2D eigenvalue weighted by atomic mass is 16.7. The summed E-state index contributed by atoms with van der Waals surface area (Å²) in [6, 6.07) is 0. The second-order valence-electron chi connectivity index (χ2n) is 3.67. The molecule has 0 rings (SSSR count). The van der Waals surface area contributed by atoms with Gasteiger partial charge < -0.3 is 15.3 Å². The molecule has 0 heterocycles. The molecule has 0 atom stereocenters. The number of amides is 1. The molecule has 0 saturated carbocycles. The van der Waals surface area contributed by atoms with Crippen molar-refractivity contribution in [3.05, 3.63) is 0 Å². The van der Waals surface area contributed by atoms with Crippen LogP contribution >= 0.6 is 0 Å². The van der Waals surface area contributed by atoms with Crippen molar-refractivity contribution in [2.45, 2.75) is 39.3 Å². The quantitative estimate of drug-likeness (QED) is 0.632. The molecule has 6 heteroatoms. The van der Waals surface area contributed by atoms with E-state index in [2.05, 4.69) is 9.57 Å². The smallest absolute Gasteiger partial charge is 0.440 e. The van der Waals surface area contributed by atoms with Gasteiger partial charge in [-0.15, -0.1) is 5.48 Å². The maximum Gasteiger partial charge on any atom is 0.440 e. The van der Waals surface area contributed by atoms with E-state index in [0.717, 1.165) is 0 Å². The van der Waals surface area contributed by atoms with Gasteiger partial charge in [0.15, 0.2) is 0 Å². The molecule has 0 fully saturated rings. The van der Waals surface area contributed by atoms with Crippen LogP contribution in [0.5, 0.6) is 0 Å². The van der Waals surface area contributed by atoms with Gasteiger partial charge in [-0.1, -0.05) is 0 Å². The summed E-state index contributed by atoms with van der Waals surface area (Å²) in [4.78, 5) is 26.3. The topological polar surface area (TPSA) is 90.6 Å². The standard InChI is InChI=1S/C8H16N2O4/c1-5(2)13-7(12)10-14-6(11)8(3,4)9/h5H,9H2,1-4H3,(H,10,12). The second kappa shape index (κ2) is 4.80. The SMILES string of the molecule is CC(C)OC(=O)NOC(=O)C(C)(C)N. The van der Waals surface area contributed by atoms with E-state index < -0.39 is 17.6 Å². The maximum atomic E-state index is 11.0. The molecule has 0 aromatic carbocycles. The summed E-state index contributed by atoms with van der Waals surface area (Å²) in [5, 5.41) is 0. The Hall–Kier alpha value is -1.30. The largest absolute Gasteiger partial charge is 0.445 e. The van der Waals surface area contributed by atoms with Crippen LogP contribution in [0.4, 0.5) is 4.79 Å². The highest BCUT2D eigenvalue weighted by Crippen LogP contribution is 1.98. The van der Waals surface area contributed by atoms with Crippen LogP contribution in [0.15, 0.2) is 0 Å². The van der Waals surface area contributed by atoms with E-state index in [0.29, 0.717) is 0 Å². The first-order valence-corrected chi connectivity index (χ1v) is 4.20. The van der Waals surface area contributed by atoms with Gasteiger partial charge in [-0.2, -0.15) is 0 Å². The fourth-order valence-electron chi connectivity index (χ4n) is 0.458. The molecule has 0 aliphatic rings. The molecule has 0 radical (unpaired) electrons. The lowest BCUT2D eigenvalue weighted by molar-refractivity contribution is -0.155. The number of nitrogens with one attached hydrogen (secondary N) is 1. The first-order valence-electron chi connectivity index (χ1n) is 4.20. The second-order valence-corrected chi connectivity index (χ2v) is 3.67. The lowest BCUT2D eigenvalue weighted by Crippen LogP contribution is -2.46. The Morgan fingerprint density at radius 1 is 1.36 bits per heavy atom. The Bertz CT molecular complexity index is 220. The lowest BCUT2D eigenvalue weighted by atomic mass is 10.1. The minimum Gasteiger partial charge on any atom is -0.445 e. The monoisotopic (exact) mass is 204 g/mol. The van der Waals surface area contributed by atoms with Gasteiger partial charge in [0.1, 0.15) is 5.54 Å². The van der Waals surface area contributed by atoms with Crippen LogP contribution in [-0.2, 0) is 14.4 Å². The first-order chi connectivity index (χ1) is 6.23. The van der Waals surface area contributed by atoms with E-state index in [4.69, 9.17) is 5.73 Å². The summed E-state index contributed by atoms with van der Waals surface area (Å²) in [7, 11) is 0. The Morgan fingerprint density at radius 2 is 1.86 bits per heavy atom. The molecule has 0 aromatic heterocycles. The van der Waals surface area contributed by atoms with Crippen LogP contribution in [0.2, 0.25) is 0 Å². The van der Waals surface area contributed by atoms with Gasteiger partial charge in [0.25, 0.3) is 0 Å². The molecular weight excluding hydrogens is 188 g/mol. The molecular formula is C8H16N2O4. The van der Waals surface area contributed by atoms with Crippen LogP contribution in [0.25, 0.3) is 0 Å². The Kier molecular flexibility index (Phi) is 4.36. The molecule has 14 heavy (non-hydrogen) atoms. The molecule has 0 aliphatic carbocycles. The number of nitrogens with two attached hydrogens (primary N) is 1. The number of carbonyl (C=O) groups excluding carboxylic acids is 2. The minimum absolute atomic E-state index is 0.278. The highest BCUT2D eigenvalue weighted by Gasteiger charge is 2.25. The number of carbonyl (C=O) groups is 2. The van der Waals surface area contributed by atoms with E-state index in [1.54, 1.807) is 13.8 Å². The van der Waals surface area contributed by atoms with E-state index in [1.165, 1.54) is 13.8 Å². The average molecular weight is 204 g/mol. The third-order valence-corrected chi connectivity index (χ3v) is 1.10. The normalized spacial score (nSPS) is 11.0. The maximum absolute atomic E-state index is 11.0. The van der Waals surface area contributed by atoms with Crippen LogP contribution in [0, 0.1) is 0 Å². The summed E-state index contributed by atoms with van der Waals surface area (Å²) in [5.74, 6) is -0.738. The fourth-order valence-corrected chi connectivity index (χ4v) is 0.458. The van der Waals surface area contributed by atoms with Crippen molar-refractivity contribution in [2.24, 2.45) is 5.73 Å². The van der Waals surface area contributed by atoms with Gasteiger partial charge in [-0.3, -0.25) is 0 Å². The Labute approximate surface area is 82.7 Å². The zero-order valence-electron chi connectivity index (χ0n) is 8.79. The number of rotatable bonds is 2. The number of hydrogen-bond donors (Lipinski definition) is 2. The number of hydrogen-bond acceptors (Lipinski definition) is 5. The zero-order valence-corrected chi connectivity index (χ0v) is 8.79. The predicted octanol–water partition coefficient (Wildman–Crippen LogP) is 0.316. The van der Waals surface area contributed by atoms with Crippen molar-refractivity contribution in [1.82, 2.24) is 5.48 Å². The molecule has 82 valence electrons. The van der Waals surface area contributed by atoms with Gasteiger partial charge in [-0.25, -0.2) is 9.59 Å². The van der Waals surface area contributed by atoms with Gasteiger partial charge in [0.05, 0.1) is 6.10 Å². The summed E-state index contributed by atoms with van der Waals surface area (Å²) in [6.45, 7) is 6.28. The van der Waals surface area contributed by atoms with Gasteiger partial charge in [0, 0.05) is 0 Å². The molecule has 0 bridgehead atoms. The molecule has 0 spiro atoms. The number of hydroxylamine groups is 1. The van der Waals surface area contributed by atoms with E-state index in [-0.39, 0.29) is 6.10 Å². The van der Waals surface area contributed by atoms with Crippen molar-refractivity contribution in [3.8, 4) is 0 Å². The van der Waals surface area contributed by atoms with Crippen LogP contribution < -0.4 is 11.2 Å². The summed E-state index contributed by atoms with van der Waals surface area (Å²) in [6.07, 6.45) is -1.10. The summed E-state index contributed by atoms with van der Waals surface area (Å²) in [5.41, 5.74) is 6.08. The molecule has 0 saturated heterocycles. The Balaban J connectivity index is 3.84. The zero-order chi connectivity index (χ0) is 11.4.